The third-order valence-electron chi connectivity index (χ3n) is 3.79. The summed E-state index contributed by atoms with van der Waals surface area (Å²) in [5, 5.41) is 10.5. The zero-order valence-corrected chi connectivity index (χ0v) is 14.2. The Morgan fingerprint density at radius 3 is 2.85 bits per heavy atom. The predicted octanol–water partition coefficient (Wildman–Crippen LogP) is 4.02. The van der Waals surface area contributed by atoms with Crippen LogP contribution in [0.2, 0.25) is 5.28 Å². The lowest BCUT2D eigenvalue weighted by Gasteiger charge is -2.20. The van der Waals surface area contributed by atoms with Crippen molar-refractivity contribution in [1.82, 2.24) is 9.97 Å². The molecule has 0 spiro atoms. The van der Waals surface area contributed by atoms with Crippen molar-refractivity contribution < 1.29 is 17.9 Å². The van der Waals surface area contributed by atoms with Crippen LogP contribution < -0.4 is 15.0 Å². The van der Waals surface area contributed by atoms with Crippen molar-refractivity contribution in [2.24, 2.45) is 0 Å². The summed E-state index contributed by atoms with van der Waals surface area (Å²) in [5.41, 5.74) is 0.737. The van der Waals surface area contributed by atoms with E-state index in [0.29, 0.717) is 30.0 Å². The van der Waals surface area contributed by atoms with Crippen LogP contribution in [0, 0.1) is 5.41 Å². The first-order chi connectivity index (χ1) is 12.5. The van der Waals surface area contributed by atoms with Crippen molar-refractivity contribution >= 4 is 35.1 Å². The molecule has 26 heavy (non-hydrogen) atoms. The van der Waals surface area contributed by atoms with E-state index >= 15 is 0 Å². The van der Waals surface area contributed by atoms with Gasteiger partial charge in [-0.05, 0) is 30.2 Å². The van der Waals surface area contributed by atoms with Gasteiger partial charge in [0.2, 0.25) is 5.28 Å². The Hall–Kier alpha value is -2.55. The molecule has 3 rings (SSSR count). The maximum absolute atomic E-state index is 13.5. The smallest absolute Gasteiger partial charge is 0.387 e. The van der Waals surface area contributed by atoms with Crippen molar-refractivity contribution in [3.05, 3.63) is 35.1 Å². The number of halogens is 4. The first-order valence-electron chi connectivity index (χ1n) is 7.75. The molecule has 0 bridgehead atoms. The van der Waals surface area contributed by atoms with E-state index in [4.69, 9.17) is 17.0 Å². The van der Waals surface area contributed by atoms with Gasteiger partial charge in [-0.15, -0.1) is 0 Å². The molecule has 138 valence electrons. The molecule has 1 fully saturated rings. The monoisotopic (exact) mass is 385 g/mol. The number of nitrogens with one attached hydrogen (secondary N) is 2. The summed E-state index contributed by atoms with van der Waals surface area (Å²) < 4.78 is 42.6. The lowest BCUT2D eigenvalue weighted by Crippen LogP contribution is -2.23. The van der Waals surface area contributed by atoms with Crippen molar-refractivity contribution in [1.29, 1.82) is 5.41 Å². The molecule has 1 saturated heterocycles. The zero-order chi connectivity index (χ0) is 18.7. The van der Waals surface area contributed by atoms with Gasteiger partial charge in [0.1, 0.15) is 23.6 Å². The van der Waals surface area contributed by atoms with E-state index in [-0.39, 0.29) is 23.4 Å². The van der Waals surface area contributed by atoms with Crippen LogP contribution >= 0.6 is 11.6 Å². The van der Waals surface area contributed by atoms with E-state index in [0.717, 1.165) is 6.21 Å². The molecule has 2 aromatic rings. The van der Waals surface area contributed by atoms with Crippen LogP contribution in [0.3, 0.4) is 0 Å². The third kappa shape index (κ3) is 4.16. The van der Waals surface area contributed by atoms with Crippen LogP contribution in [-0.4, -0.2) is 42.1 Å². The molecule has 10 heteroatoms. The van der Waals surface area contributed by atoms with Crippen LogP contribution in [0.25, 0.3) is 0 Å². The van der Waals surface area contributed by atoms with Gasteiger partial charge in [0.15, 0.2) is 0 Å². The van der Waals surface area contributed by atoms with Crippen LogP contribution in [0.4, 0.5) is 30.5 Å². The minimum absolute atomic E-state index is 0.0263. The quantitative estimate of drug-likeness (QED) is 0.580. The Kier molecular flexibility index (Phi) is 5.46. The molecular weight excluding hydrogens is 371 g/mol. The SMILES string of the molecule is N=Cc1c(Nc2cccc(OC(F)F)c2)nc(Cl)nc1N1CCC(F)C1. The first kappa shape index (κ1) is 18.2. The standard InChI is InChI=1S/C16H15ClF3N5O/c17-15-23-13(22-10-2-1-3-11(6-10)26-16(19)20)12(7-21)14(24-15)25-5-4-9(18)8-25/h1-3,6-7,9,16,21H,4-5,8H2,(H,22,23,24). The molecule has 1 aromatic carbocycles. The van der Waals surface area contributed by atoms with Gasteiger partial charge in [-0.25, -0.2) is 4.39 Å². The number of alkyl halides is 3. The summed E-state index contributed by atoms with van der Waals surface area (Å²) in [4.78, 5) is 9.88. The second-order valence-electron chi connectivity index (χ2n) is 5.59. The minimum Gasteiger partial charge on any atom is -0.435 e. The van der Waals surface area contributed by atoms with Gasteiger partial charge in [-0.1, -0.05) is 6.07 Å². The van der Waals surface area contributed by atoms with E-state index < -0.39 is 12.8 Å². The van der Waals surface area contributed by atoms with Crippen molar-refractivity contribution in [3.8, 4) is 5.75 Å². The molecular formula is C16H15ClF3N5O. The summed E-state index contributed by atoms with van der Waals surface area (Å²) in [6.07, 6.45) is 0.440. The lowest BCUT2D eigenvalue weighted by molar-refractivity contribution is -0.0498. The Balaban J connectivity index is 1.92. The summed E-state index contributed by atoms with van der Waals surface area (Å²) in [7, 11) is 0. The van der Waals surface area contributed by atoms with Gasteiger partial charge in [0, 0.05) is 24.5 Å². The van der Waals surface area contributed by atoms with Crippen LogP contribution in [0.1, 0.15) is 12.0 Å². The molecule has 1 unspecified atom stereocenters. The summed E-state index contributed by atoms with van der Waals surface area (Å²) in [5.74, 6) is 0.538. The fraction of sp³-hybridized carbons (Fsp3) is 0.312. The highest BCUT2D eigenvalue weighted by molar-refractivity contribution is 6.28. The molecule has 1 aliphatic heterocycles. The Morgan fingerprint density at radius 2 is 2.19 bits per heavy atom. The number of aromatic nitrogens is 2. The van der Waals surface area contributed by atoms with Gasteiger partial charge in [0.25, 0.3) is 0 Å². The fourth-order valence-corrected chi connectivity index (χ4v) is 2.86. The molecule has 0 amide bonds. The highest BCUT2D eigenvalue weighted by atomic mass is 35.5. The second-order valence-corrected chi connectivity index (χ2v) is 5.92. The minimum atomic E-state index is -2.94. The number of hydrogen-bond acceptors (Lipinski definition) is 6. The topological polar surface area (TPSA) is 74.1 Å². The van der Waals surface area contributed by atoms with Gasteiger partial charge in [-0.3, -0.25) is 0 Å². The van der Waals surface area contributed by atoms with E-state index in [2.05, 4.69) is 20.0 Å². The summed E-state index contributed by atoms with van der Waals surface area (Å²) in [6, 6.07) is 5.90. The van der Waals surface area contributed by atoms with E-state index in [1.165, 1.54) is 18.2 Å². The highest BCUT2D eigenvalue weighted by Crippen LogP contribution is 2.30. The van der Waals surface area contributed by atoms with Crippen molar-refractivity contribution in [2.45, 2.75) is 19.2 Å². The summed E-state index contributed by atoms with van der Waals surface area (Å²) >= 11 is 5.98. The van der Waals surface area contributed by atoms with E-state index in [1.54, 1.807) is 11.0 Å². The molecule has 1 aromatic heterocycles. The van der Waals surface area contributed by atoms with Gasteiger partial charge in [-0.2, -0.15) is 18.7 Å². The molecule has 1 atom stereocenters. The highest BCUT2D eigenvalue weighted by Gasteiger charge is 2.26. The largest absolute Gasteiger partial charge is 0.435 e. The van der Waals surface area contributed by atoms with Crippen LogP contribution in [-0.2, 0) is 0 Å². The van der Waals surface area contributed by atoms with Crippen LogP contribution in [0.15, 0.2) is 24.3 Å². The van der Waals surface area contributed by atoms with Gasteiger partial charge in [0.05, 0.1) is 12.1 Å². The second kappa shape index (κ2) is 7.77. The number of benzene rings is 1. The van der Waals surface area contributed by atoms with Gasteiger partial charge < -0.3 is 20.4 Å². The van der Waals surface area contributed by atoms with Gasteiger partial charge >= 0.3 is 6.61 Å². The molecule has 1 aliphatic rings. The zero-order valence-electron chi connectivity index (χ0n) is 13.4. The maximum Gasteiger partial charge on any atom is 0.387 e. The number of anilines is 3. The molecule has 0 saturated carbocycles. The number of hydrogen-bond donors (Lipinski definition) is 2. The molecule has 6 nitrogen and oxygen atoms in total. The Labute approximate surface area is 152 Å². The third-order valence-corrected chi connectivity index (χ3v) is 3.96. The van der Waals surface area contributed by atoms with Crippen molar-refractivity contribution in [2.75, 3.05) is 23.3 Å². The van der Waals surface area contributed by atoms with Crippen LogP contribution in [0.5, 0.6) is 5.75 Å². The van der Waals surface area contributed by atoms with Crippen molar-refractivity contribution in [3.63, 3.8) is 0 Å². The molecule has 2 heterocycles. The average Bonchev–Trinajstić information content (AvgIpc) is 3.00. The maximum atomic E-state index is 13.5. The average molecular weight is 386 g/mol. The summed E-state index contributed by atoms with van der Waals surface area (Å²) in [6.45, 7) is -2.33. The number of ether oxygens (including phenoxy) is 1. The normalized spacial score (nSPS) is 16.8. The fourth-order valence-electron chi connectivity index (χ4n) is 2.70. The molecule has 2 N–H and O–H groups in total. The van der Waals surface area contributed by atoms with E-state index in [1.807, 2.05) is 0 Å². The Morgan fingerprint density at radius 1 is 1.38 bits per heavy atom. The first-order valence-corrected chi connectivity index (χ1v) is 8.13. The lowest BCUT2D eigenvalue weighted by atomic mass is 10.2. The number of nitrogens with zero attached hydrogens (tertiary/aromatic N) is 3. The number of rotatable bonds is 6. The van der Waals surface area contributed by atoms with E-state index in [9.17, 15) is 13.2 Å². The predicted molar refractivity (Wildman–Crippen MR) is 93.0 cm³/mol. The Bertz CT molecular complexity index is 807. The molecule has 0 aliphatic carbocycles. The molecule has 0 radical (unpaired) electrons.